The van der Waals surface area contributed by atoms with Crippen molar-refractivity contribution in [2.45, 2.75) is 65.0 Å². The van der Waals surface area contributed by atoms with Gasteiger partial charge >= 0.3 is 0 Å². The average molecular weight is 462 g/mol. The zero-order valence-electron chi connectivity index (χ0n) is 19.3. The Balaban J connectivity index is 2.87. The largest absolute Gasteiger partial charge is 0.348 e. The number of Topliss-reactive ketones (excluding diaryl/α,β-unsaturated/α-hetero) is 1. The van der Waals surface area contributed by atoms with Crippen LogP contribution >= 0.6 is 0 Å². The molecule has 181 valence electrons. The van der Waals surface area contributed by atoms with Gasteiger partial charge in [0.2, 0.25) is 5.91 Å². The Morgan fingerprint density at radius 2 is 1.82 bits per heavy atom. The summed E-state index contributed by atoms with van der Waals surface area (Å²) in [5, 5.41) is 25.2. The van der Waals surface area contributed by atoms with E-state index in [0.29, 0.717) is 18.4 Å². The van der Waals surface area contributed by atoms with Crippen LogP contribution < -0.4 is 21.4 Å². The van der Waals surface area contributed by atoms with Crippen LogP contribution in [-0.4, -0.2) is 34.3 Å². The van der Waals surface area contributed by atoms with Gasteiger partial charge in [-0.05, 0) is 25.2 Å². The van der Waals surface area contributed by atoms with Crippen molar-refractivity contribution in [3.05, 3.63) is 52.6 Å². The van der Waals surface area contributed by atoms with E-state index < -0.39 is 28.5 Å². The number of ketones is 1. The Kier molecular flexibility index (Phi) is 11.5. The molecule has 0 fully saturated rings. The first-order valence-corrected chi connectivity index (χ1v) is 10.9. The first kappa shape index (κ1) is 27.5. The van der Waals surface area contributed by atoms with Crippen LogP contribution in [0.25, 0.3) is 0 Å². The minimum Gasteiger partial charge on any atom is -0.348 e. The van der Waals surface area contributed by atoms with E-state index in [1.54, 1.807) is 49.2 Å². The molecule has 11 heteroatoms. The fourth-order valence-corrected chi connectivity index (χ4v) is 3.08. The van der Waals surface area contributed by atoms with Crippen molar-refractivity contribution in [2.24, 2.45) is 5.92 Å². The van der Waals surface area contributed by atoms with Gasteiger partial charge < -0.3 is 16.0 Å². The number of guanidine groups is 1. The van der Waals surface area contributed by atoms with Crippen molar-refractivity contribution in [1.82, 2.24) is 21.4 Å². The van der Waals surface area contributed by atoms with E-state index in [9.17, 15) is 24.5 Å². The molecule has 33 heavy (non-hydrogen) atoms. The number of carbonyl (C=O) groups excluding carboxylic acids is 3. The molecule has 0 aliphatic heterocycles. The molecule has 0 heterocycles. The van der Waals surface area contributed by atoms with Gasteiger partial charge in [-0.3, -0.25) is 19.8 Å². The number of hydrogen-bond acceptors (Lipinski definition) is 6. The zero-order chi connectivity index (χ0) is 24.9. The maximum absolute atomic E-state index is 13.0. The number of hydrogen-bond donors (Lipinski definition) is 5. The molecule has 1 rings (SSSR count). The highest BCUT2D eigenvalue weighted by Crippen LogP contribution is 2.13. The first-order chi connectivity index (χ1) is 15.6. The highest BCUT2D eigenvalue weighted by Gasteiger charge is 2.40. The maximum atomic E-state index is 13.0. The summed E-state index contributed by atoms with van der Waals surface area (Å²) in [4.78, 5) is 48.6. The number of nitro groups is 1. The van der Waals surface area contributed by atoms with Crippen molar-refractivity contribution >= 4 is 23.6 Å². The summed E-state index contributed by atoms with van der Waals surface area (Å²) >= 11 is 0. The van der Waals surface area contributed by atoms with Gasteiger partial charge in [-0.1, -0.05) is 62.9 Å². The molecule has 0 spiro atoms. The third-order valence-corrected chi connectivity index (χ3v) is 4.63. The Labute approximate surface area is 193 Å². The highest BCUT2D eigenvalue weighted by molar-refractivity contribution is 5.97. The second-order valence-corrected chi connectivity index (χ2v) is 8.02. The van der Waals surface area contributed by atoms with E-state index in [1.165, 1.54) is 0 Å². The van der Waals surface area contributed by atoms with Gasteiger partial charge in [-0.15, -0.1) is 0 Å². The number of carbonyl (C=O) groups is 3. The van der Waals surface area contributed by atoms with Crippen molar-refractivity contribution in [1.29, 1.82) is 5.41 Å². The van der Waals surface area contributed by atoms with Gasteiger partial charge in [-0.2, -0.15) is 0 Å². The summed E-state index contributed by atoms with van der Waals surface area (Å²) < 4.78 is 0. The third-order valence-electron chi connectivity index (χ3n) is 4.63. The van der Waals surface area contributed by atoms with Crippen LogP contribution in [0.4, 0.5) is 0 Å². The normalized spacial score (nSPS) is 12.4. The lowest BCUT2D eigenvalue weighted by molar-refractivity contribution is -0.526. The van der Waals surface area contributed by atoms with Crippen LogP contribution in [0.5, 0.6) is 0 Å². The van der Waals surface area contributed by atoms with E-state index in [-0.39, 0.29) is 37.4 Å². The van der Waals surface area contributed by atoms with Gasteiger partial charge in [0.15, 0.2) is 16.5 Å². The summed E-state index contributed by atoms with van der Waals surface area (Å²) in [5.41, 5.74) is 0.423. The first-order valence-electron chi connectivity index (χ1n) is 10.9. The summed E-state index contributed by atoms with van der Waals surface area (Å²) in [7, 11) is 0. The molecule has 0 aliphatic carbocycles. The number of benzene rings is 1. The summed E-state index contributed by atoms with van der Waals surface area (Å²) in [5.74, 6) is -1.73. The van der Waals surface area contributed by atoms with Crippen molar-refractivity contribution in [2.75, 3.05) is 0 Å². The molecule has 1 aromatic carbocycles. The predicted molar refractivity (Wildman–Crippen MR) is 123 cm³/mol. The van der Waals surface area contributed by atoms with E-state index in [4.69, 9.17) is 5.41 Å². The molecule has 11 nitrogen and oxygen atoms in total. The van der Waals surface area contributed by atoms with E-state index in [2.05, 4.69) is 16.0 Å². The van der Waals surface area contributed by atoms with Crippen LogP contribution in [-0.2, 0) is 9.59 Å². The molecule has 0 aliphatic rings. The Morgan fingerprint density at radius 3 is 2.39 bits per heavy atom. The van der Waals surface area contributed by atoms with Crippen molar-refractivity contribution in [3.63, 3.8) is 0 Å². The summed E-state index contributed by atoms with van der Waals surface area (Å²) in [6.45, 7) is 7.26. The lowest BCUT2D eigenvalue weighted by Crippen LogP contribution is -2.69. The molecule has 0 bridgehead atoms. The fraction of sp³-hybridized carbons (Fsp3) is 0.500. The zero-order valence-corrected chi connectivity index (χ0v) is 19.3. The summed E-state index contributed by atoms with van der Waals surface area (Å²) in [6.07, 6.45) is 1.46. The van der Waals surface area contributed by atoms with E-state index in [0.717, 1.165) is 0 Å². The molecule has 0 aromatic heterocycles. The van der Waals surface area contributed by atoms with E-state index >= 15 is 0 Å². The minimum absolute atomic E-state index is 0.0370. The number of nitrogens with one attached hydrogen (secondary N) is 5. The van der Waals surface area contributed by atoms with Gasteiger partial charge in [0.05, 0.1) is 0 Å². The second-order valence-electron chi connectivity index (χ2n) is 8.02. The maximum Gasteiger partial charge on any atom is 0.266 e. The lowest BCUT2D eigenvalue weighted by Gasteiger charge is -2.34. The van der Waals surface area contributed by atoms with Gasteiger partial charge in [0.25, 0.3) is 11.9 Å². The third kappa shape index (κ3) is 10.1. The average Bonchev–Trinajstić information content (AvgIpc) is 2.73. The molecular formula is C22H33N6O5. The van der Waals surface area contributed by atoms with E-state index in [1.807, 2.05) is 13.8 Å². The molecule has 0 saturated heterocycles. The highest BCUT2D eigenvalue weighted by atomic mass is 16.7. The van der Waals surface area contributed by atoms with Crippen molar-refractivity contribution in [3.8, 4) is 0 Å². The van der Waals surface area contributed by atoms with Crippen LogP contribution in [0.2, 0.25) is 0 Å². The minimum atomic E-state index is -1.77. The fourth-order valence-electron chi connectivity index (χ4n) is 3.08. The Morgan fingerprint density at radius 1 is 1.15 bits per heavy atom. The van der Waals surface area contributed by atoms with Crippen LogP contribution in [0.3, 0.4) is 0 Å². The van der Waals surface area contributed by atoms with Crippen molar-refractivity contribution < 1.29 is 19.4 Å². The van der Waals surface area contributed by atoms with Gasteiger partial charge in [-0.25, -0.2) is 10.1 Å². The Hall–Kier alpha value is -3.50. The topological polar surface area (TPSA) is 166 Å². The lowest BCUT2D eigenvalue weighted by atomic mass is 10.0. The van der Waals surface area contributed by atoms with Crippen LogP contribution in [0.15, 0.2) is 30.3 Å². The molecule has 5 N–H and O–H groups in total. The predicted octanol–water partition coefficient (Wildman–Crippen LogP) is 2.28. The standard InChI is InChI=1S/C22H33N6O5/c1-4-14-22(26-21(23)27-28(32)33,20(31)24-15-13-16(2)3)25-19(30)12-8-11-18(29)17-9-6-5-7-10-17/h5-7,9-10,15-16H,4,8,11-14H2,1-3H3,(H,24,31)(H,25,30)(H3,23,26,27)/t22-/m1/s1. The molecule has 1 atom stereocenters. The molecule has 0 saturated carbocycles. The molecule has 2 amide bonds. The number of rotatable bonds is 14. The number of nitrogens with zero attached hydrogens (tertiary/aromatic N) is 1. The number of amides is 2. The Bertz CT molecular complexity index is 830. The SMILES string of the molecule is CCC[C@](NC(=N)N[N+](=O)[O-])(NC(=O)CCCC(=O)c1ccccc1)C(=O)N[CH]CC(C)C. The molecule has 1 radical (unpaired) electrons. The van der Waals surface area contributed by atoms with Crippen LogP contribution in [0.1, 0.15) is 69.7 Å². The second kappa shape index (κ2) is 13.8. The van der Waals surface area contributed by atoms with Gasteiger partial charge in [0, 0.05) is 24.9 Å². The smallest absolute Gasteiger partial charge is 0.266 e. The quantitative estimate of drug-likeness (QED) is 0.0707. The summed E-state index contributed by atoms with van der Waals surface area (Å²) in [6, 6.07) is 8.72. The number of hydrazine groups is 1. The molecule has 0 unspecified atom stereocenters. The molecular weight excluding hydrogens is 428 g/mol. The van der Waals surface area contributed by atoms with Crippen LogP contribution in [0, 0.1) is 28.0 Å². The van der Waals surface area contributed by atoms with Gasteiger partial charge in [0.1, 0.15) is 0 Å². The monoisotopic (exact) mass is 461 g/mol. The molecule has 1 aromatic rings.